The Morgan fingerprint density at radius 3 is 2.48 bits per heavy atom. The van der Waals surface area contributed by atoms with Gasteiger partial charge in [-0.2, -0.15) is 13.2 Å². The van der Waals surface area contributed by atoms with Crippen LogP contribution in [-0.4, -0.2) is 34.4 Å². The monoisotopic (exact) mass is 372 g/mol. The van der Waals surface area contributed by atoms with E-state index in [2.05, 4.69) is 15.1 Å². The molecule has 0 saturated heterocycles. The van der Waals surface area contributed by atoms with Crippen LogP contribution in [0.25, 0.3) is 11.3 Å². The van der Waals surface area contributed by atoms with E-state index < -0.39 is 21.8 Å². The van der Waals surface area contributed by atoms with Gasteiger partial charge in [-0.05, 0) is 43.4 Å². The maximum atomic E-state index is 13.0. The number of alkyl halides is 3. The van der Waals surface area contributed by atoms with Crippen molar-refractivity contribution in [2.75, 3.05) is 6.26 Å². The first-order valence-corrected chi connectivity index (χ1v) is 9.45. The minimum absolute atomic E-state index is 0.112. The summed E-state index contributed by atoms with van der Waals surface area (Å²) in [5, 5.41) is 3.41. The van der Waals surface area contributed by atoms with Crippen molar-refractivity contribution in [2.45, 2.75) is 36.9 Å². The van der Waals surface area contributed by atoms with E-state index in [1.54, 1.807) is 0 Å². The van der Waals surface area contributed by atoms with E-state index in [1.165, 1.54) is 18.3 Å². The summed E-state index contributed by atoms with van der Waals surface area (Å²) in [5.41, 5.74) is 0.915. The Balaban J connectivity index is 2.11. The Bertz CT molecular complexity index is 915. The van der Waals surface area contributed by atoms with Gasteiger partial charge < -0.3 is 0 Å². The molecule has 134 valence electrons. The zero-order valence-electron chi connectivity index (χ0n) is 13.3. The average Bonchev–Trinajstić information content (AvgIpc) is 3.00. The summed E-state index contributed by atoms with van der Waals surface area (Å²) in [6.45, 7) is 0. The highest BCUT2D eigenvalue weighted by atomic mass is 32.2. The summed E-state index contributed by atoms with van der Waals surface area (Å²) in [6.07, 6.45) is 2.61. The molecule has 3 rings (SSSR count). The van der Waals surface area contributed by atoms with Crippen molar-refractivity contribution in [1.82, 2.24) is 19.7 Å². The molecule has 25 heavy (non-hydrogen) atoms. The molecule has 0 aromatic carbocycles. The lowest BCUT2D eigenvalue weighted by atomic mass is 9.99. The van der Waals surface area contributed by atoms with Gasteiger partial charge in [-0.15, -0.1) is 5.10 Å². The summed E-state index contributed by atoms with van der Waals surface area (Å²) in [6, 6.07) is 2.60. The number of hydrogen-bond acceptors (Lipinski definition) is 5. The average molecular weight is 372 g/mol. The number of nitrogens with zero attached hydrogens (tertiary/aromatic N) is 4. The molecule has 2 aromatic heterocycles. The maximum absolute atomic E-state index is 13.0. The Kier molecular flexibility index (Phi) is 4.40. The van der Waals surface area contributed by atoms with Crippen LogP contribution in [0.2, 0.25) is 0 Å². The Morgan fingerprint density at radius 1 is 1.20 bits per heavy atom. The van der Waals surface area contributed by atoms with E-state index in [0.29, 0.717) is 12.0 Å². The van der Waals surface area contributed by atoms with Crippen LogP contribution < -0.4 is 0 Å². The third-order valence-corrected chi connectivity index (χ3v) is 4.79. The predicted octanol–water partition coefficient (Wildman–Crippen LogP) is 3.04. The molecule has 0 unspecified atom stereocenters. The van der Waals surface area contributed by atoms with E-state index in [-0.39, 0.29) is 16.5 Å². The minimum atomic E-state index is -4.67. The Hall–Kier alpha value is -2.23. The molecule has 0 amide bonds. The molecule has 0 bridgehead atoms. The van der Waals surface area contributed by atoms with Gasteiger partial charge >= 0.3 is 6.18 Å². The zero-order valence-corrected chi connectivity index (χ0v) is 14.1. The lowest BCUT2D eigenvalue weighted by Gasteiger charge is -2.13. The Morgan fingerprint density at radius 2 is 1.96 bits per heavy atom. The van der Waals surface area contributed by atoms with Gasteiger partial charge in [0, 0.05) is 6.26 Å². The summed E-state index contributed by atoms with van der Waals surface area (Å²) < 4.78 is 63.1. The molecule has 1 aliphatic carbocycles. The normalized spacial score (nSPS) is 15.9. The van der Waals surface area contributed by atoms with Crippen LogP contribution in [0.4, 0.5) is 13.2 Å². The van der Waals surface area contributed by atoms with Crippen LogP contribution in [0.1, 0.15) is 37.3 Å². The van der Waals surface area contributed by atoms with Crippen molar-refractivity contribution in [2.24, 2.45) is 0 Å². The lowest BCUT2D eigenvalue weighted by molar-refractivity contribution is -0.144. The highest BCUT2D eigenvalue weighted by Gasteiger charge is 2.37. The fourth-order valence-electron chi connectivity index (χ4n) is 2.58. The van der Waals surface area contributed by atoms with Crippen molar-refractivity contribution in [3.63, 3.8) is 0 Å². The molecule has 0 radical (unpaired) electrons. The van der Waals surface area contributed by atoms with Gasteiger partial charge in [-0.25, -0.2) is 23.1 Å². The first kappa shape index (κ1) is 17.6. The van der Waals surface area contributed by atoms with Gasteiger partial charge in [0.2, 0.25) is 0 Å². The van der Waals surface area contributed by atoms with Crippen LogP contribution in [0, 0.1) is 0 Å². The van der Waals surface area contributed by atoms with E-state index >= 15 is 0 Å². The molecule has 2 aromatic rings. The lowest BCUT2D eigenvalue weighted by Crippen LogP contribution is -2.09. The van der Waals surface area contributed by atoms with Crippen LogP contribution in [0.3, 0.4) is 0 Å². The molecule has 2 heterocycles. The van der Waals surface area contributed by atoms with E-state index in [4.69, 9.17) is 0 Å². The van der Waals surface area contributed by atoms with Gasteiger partial charge in [0.25, 0.3) is 5.82 Å². The highest BCUT2D eigenvalue weighted by molar-refractivity contribution is 7.90. The van der Waals surface area contributed by atoms with Crippen LogP contribution in [-0.2, 0) is 16.0 Å². The largest absolute Gasteiger partial charge is 0.453 e. The van der Waals surface area contributed by atoms with E-state index in [9.17, 15) is 21.6 Å². The second-order valence-corrected chi connectivity index (χ2v) is 7.73. The van der Waals surface area contributed by atoms with Gasteiger partial charge in [0.1, 0.15) is 0 Å². The molecule has 10 heteroatoms. The molecular formula is C15H15F3N4O2S. The van der Waals surface area contributed by atoms with Crippen molar-refractivity contribution in [3.05, 3.63) is 36.1 Å². The van der Waals surface area contributed by atoms with E-state index in [0.717, 1.165) is 30.2 Å². The number of pyridine rings is 1. The third-order valence-electron chi connectivity index (χ3n) is 3.78. The van der Waals surface area contributed by atoms with Crippen molar-refractivity contribution >= 4 is 15.4 Å². The number of aromatic nitrogens is 4. The summed E-state index contributed by atoms with van der Waals surface area (Å²) in [5.74, 6) is -1.12. The highest BCUT2D eigenvalue weighted by Crippen LogP contribution is 2.32. The zero-order chi connectivity index (χ0) is 18.2. The minimum Gasteiger partial charge on any atom is -0.242 e. The molecular weight excluding hydrogens is 357 g/mol. The number of hydrogen-bond donors (Lipinski definition) is 0. The molecule has 0 saturated carbocycles. The molecule has 6 nitrogen and oxygen atoms in total. The fraction of sp³-hybridized carbons (Fsp3) is 0.400. The van der Waals surface area contributed by atoms with Crippen LogP contribution in [0.5, 0.6) is 0 Å². The summed E-state index contributed by atoms with van der Waals surface area (Å²) in [4.78, 5) is 7.47. The topological polar surface area (TPSA) is 77.7 Å². The first-order chi connectivity index (χ1) is 11.7. The quantitative estimate of drug-likeness (QED) is 0.828. The van der Waals surface area contributed by atoms with Gasteiger partial charge in [0.05, 0.1) is 11.9 Å². The number of rotatable bonds is 3. The van der Waals surface area contributed by atoms with Crippen molar-refractivity contribution < 1.29 is 21.6 Å². The van der Waals surface area contributed by atoms with Crippen molar-refractivity contribution in [3.8, 4) is 5.69 Å². The summed E-state index contributed by atoms with van der Waals surface area (Å²) >= 11 is 0. The van der Waals surface area contributed by atoms with Gasteiger partial charge in [-0.1, -0.05) is 6.08 Å². The van der Waals surface area contributed by atoms with Crippen LogP contribution in [0.15, 0.2) is 29.4 Å². The fourth-order valence-corrected chi connectivity index (χ4v) is 3.14. The number of sulfone groups is 1. The van der Waals surface area contributed by atoms with Crippen molar-refractivity contribution in [1.29, 1.82) is 0 Å². The van der Waals surface area contributed by atoms with Gasteiger partial charge in [-0.3, -0.25) is 0 Å². The third kappa shape index (κ3) is 3.73. The second-order valence-electron chi connectivity index (χ2n) is 5.77. The standard InChI is InChI=1S/C15H15F3N4O2S/c1-25(23,24)12-8-7-11(9-19-12)22-13(10-5-3-2-4-6-10)20-14(21-22)15(16,17)18/h5,7-9H,2-4,6H2,1H3. The summed E-state index contributed by atoms with van der Waals surface area (Å²) in [7, 11) is -3.50. The maximum Gasteiger partial charge on any atom is 0.453 e. The Labute approximate surface area is 142 Å². The van der Waals surface area contributed by atoms with E-state index in [1.807, 2.05) is 6.08 Å². The number of halogens is 3. The number of allylic oxidation sites excluding steroid dienone is 2. The van der Waals surface area contributed by atoms with Gasteiger partial charge in [0.15, 0.2) is 20.7 Å². The predicted molar refractivity (Wildman–Crippen MR) is 83.7 cm³/mol. The smallest absolute Gasteiger partial charge is 0.242 e. The molecule has 0 aliphatic heterocycles. The second kappa shape index (κ2) is 6.25. The molecule has 0 fully saturated rings. The molecule has 0 atom stereocenters. The first-order valence-electron chi connectivity index (χ1n) is 7.56. The molecule has 0 N–H and O–H groups in total. The molecule has 0 spiro atoms. The molecule has 1 aliphatic rings. The SMILES string of the molecule is CS(=O)(=O)c1ccc(-n2nc(C(F)(F)F)nc2C2=CCCCC2)cn1. The van der Waals surface area contributed by atoms with Crippen LogP contribution >= 0.6 is 0 Å².